The number of rotatable bonds is 7. The fourth-order valence-corrected chi connectivity index (χ4v) is 4.07. The summed E-state index contributed by atoms with van der Waals surface area (Å²) in [5.41, 5.74) is 2.43. The van der Waals surface area contributed by atoms with Gasteiger partial charge >= 0.3 is 5.97 Å². The van der Waals surface area contributed by atoms with Gasteiger partial charge < -0.3 is 14.4 Å². The SMILES string of the molecule is COc1ccc(-c2ccc(S(=O)(=O)NC(CC#Cc3cccn3C)C(=O)O)cc2)cc1. The number of hydrogen-bond donors (Lipinski definition) is 2. The van der Waals surface area contributed by atoms with Crippen molar-refractivity contribution in [3.8, 4) is 28.7 Å². The molecule has 0 radical (unpaired) electrons. The molecule has 0 bridgehead atoms. The summed E-state index contributed by atoms with van der Waals surface area (Å²) in [6.07, 6.45) is 1.65. The number of nitrogens with one attached hydrogen (secondary N) is 1. The fraction of sp³-hybridized carbons (Fsp3) is 0.174. The average molecular weight is 439 g/mol. The van der Waals surface area contributed by atoms with Gasteiger partial charge in [-0.1, -0.05) is 30.2 Å². The first-order valence-corrected chi connectivity index (χ1v) is 10.9. The molecule has 0 aliphatic heterocycles. The van der Waals surface area contributed by atoms with Crippen LogP contribution in [0.1, 0.15) is 12.1 Å². The van der Waals surface area contributed by atoms with Gasteiger partial charge in [0.2, 0.25) is 10.0 Å². The molecule has 7 nitrogen and oxygen atoms in total. The molecule has 0 amide bonds. The Balaban J connectivity index is 1.73. The Bertz CT molecular complexity index is 1220. The number of benzene rings is 2. The van der Waals surface area contributed by atoms with E-state index < -0.39 is 22.0 Å². The van der Waals surface area contributed by atoms with Crippen molar-refractivity contribution >= 4 is 16.0 Å². The zero-order valence-corrected chi connectivity index (χ0v) is 17.9. The van der Waals surface area contributed by atoms with E-state index >= 15 is 0 Å². The number of aryl methyl sites for hydroxylation is 1. The maximum atomic E-state index is 12.7. The molecule has 3 aromatic rings. The fourth-order valence-electron chi connectivity index (χ4n) is 2.88. The van der Waals surface area contributed by atoms with E-state index in [-0.39, 0.29) is 11.3 Å². The van der Waals surface area contributed by atoms with Crippen LogP contribution in [0.25, 0.3) is 11.1 Å². The van der Waals surface area contributed by atoms with Crippen LogP contribution in [0, 0.1) is 11.8 Å². The van der Waals surface area contributed by atoms with Crippen LogP contribution in [0.15, 0.2) is 71.8 Å². The minimum absolute atomic E-state index is 0.0218. The number of aliphatic carboxylic acids is 1. The van der Waals surface area contributed by atoms with Crippen molar-refractivity contribution in [2.75, 3.05) is 7.11 Å². The highest BCUT2D eigenvalue weighted by molar-refractivity contribution is 7.89. The minimum Gasteiger partial charge on any atom is -0.497 e. The lowest BCUT2D eigenvalue weighted by molar-refractivity contribution is -0.138. The molecular weight excluding hydrogens is 416 g/mol. The lowest BCUT2D eigenvalue weighted by Crippen LogP contribution is -2.40. The van der Waals surface area contributed by atoms with Crippen molar-refractivity contribution < 1.29 is 23.1 Å². The molecule has 2 aromatic carbocycles. The molecule has 0 saturated carbocycles. The highest BCUT2D eigenvalue weighted by atomic mass is 32.2. The van der Waals surface area contributed by atoms with Crippen molar-refractivity contribution in [1.82, 2.24) is 9.29 Å². The third-order valence-corrected chi connectivity index (χ3v) is 6.14. The molecule has 1 aromatic heterocycles. The summed E-state index contributed by atoms with van der Waals surface area (Å²) >= 11 is 0. The van der Waals surface area contributed by atoms with E-state index in [4.69, 9.17) is 4.74 Å². The predicted octanol–water partition coefficient (Wildman–Crippen LogP) is 2.87. The first kappa shape index (κ1) is 22.2. The highest BCUT2D eigenvalue weighted by Crippen LogP contribution is 2.24. The number of nitrogens with zero attached hydrogens (tertiary/aromatic N) is 1. The Hall–Kier alpha value is -3.54. The van der Waals surface area contributed by atoms with Gasteiger partial charge in [-0.25, -0.2) is 8.42 Å². The Morgan fingerprint density at radius 1 is 1.10 bits per heavy atom. The first-order valence-electron chi connectivity index (χ1n) is 9.40. The smallest absolute Gasteiger partial charge is 0.322 e. The molecule has 1 unspecified atom stereocenters. The monoisotopic (exact) mass is 438 g/mol. The second-order valence-corrected chi connectivity index (χ2v) is 8.49. The van der Waals surface area contributed by atoms with Gasteiger partial charge in [0.25, 0.3) is 0 Å². The van der Waals surface area contributed by atoms with Crippen molar-refractivity contribution in [3.05, 3.63) is 72.6 Å². The normalized spacial score (nSPS) is 11.9. The van der Waals surface area contributed by atoms with E-state index in [9.17, 15) is 18.3 Å². The second kappa shape index (κ2) is 9.51. The Labute approximate surface area is 181 Å². The van der Waals surface area contributed by atoms with Gasteiger partial charge in [0.15, 0.2) is 0 Å². The standard InChI is InChI=1S/C23H22N2O5S/c1-25-16-4-6-19(25)5-3-7-22(23(26)27)24-31(28,29)21-14-10-18(11-15-21)17-8-12-20(30-2)13-9-17/h4,6,8-16,22,24H,7H2,1-2H3,(H,26,27). The first-order chi connectivity index (χ1) is 14.8. The number of ether oxygens (including phenoxy) is 1. The third-order valence-electron chi connectivity index (χ3n) is 4.65. The summed E-state index contributed by atoms with van der Waals surface area (Å²) < 4.78 is 34.5. The van der Waals surface area contributed by atoms with Crippen LogP contribution in [0.2, 0.25) is 0 Å². The van der Waals surface area contributed by atoms with E-state index in [0.717, 1.165) is 16.9 Å². The van der Waals surface area contributed by atoms with Crippen LogP contribution in [-0.2, 0) is 21.9 Å². The topological polar surface area (TPSA) is 97.6 Å². The molecule has 3 rings (SSSR count). The lowest BCUT2D eigenvalue weighted by atomic mass is 10.1. The largest absolute Gasteiger partial charge is 0.497 e. The molecular formula is C23H22N2O5S. The maximum Gasteiger partial charge on any atom is 0.322 e. The lowest BCUT2D eigenvalue weighted by Gasteiger charge is -2.13. The van der Waals surface area contributed by atoms with Gasteiger partial charge in [-0.15, -0.1) is 0 Å². The summed E-state index contributed by atoms with van der Waals surface area (Å²) in [4.78, 5) is 11.5. The number of hydrogen-bond acceptors (Lipinski definition) is 4. The maximum absolute atomic E-state index is 12.7. The van der Waals surface area contributed by atoms with E-state index in [1.165, 1.54) is 12.1 Å². The zero-order valence-electron chi connectivity index (χ0n) is 17.1. The van der Waals surface area contributed by atoms with Crippen LogP contribution in [0.5, 0.6) is 5.75 Å². The molecule has 0 spiro atoms. The van der Waals surface area contributed by atoms with Gasteiger partial charge in [0.05, 0.1) is 17.7 Å². The Morgan fingerprint density at radius 3 is 2.23 bits per heavy atom. The van der Waals surface area contributed by atoms with Crippen molar-refractivity contribution in [2.24, 2.45) is 7.05 Å². The predicted molar refractivity (Wildman–Crippen MR) is 117 cm³/mol. The van der Waals surface area contributed by atoms with Gasteiger partial charge in [-0.05, 0) is 53.4 Å². The van der Waals surface area contributed by atoms with Crippen LogP contribution in [0.4, 0.5) is 0 Å². The number of aromatic nitrogens is 1. The van der Waals surface area contributed by atoms with Gasteiger partial charge in [0, 0.05) is 19.7 Å². The summed E-state index contributed by atoms with van der Waals surface area (Å²) in [6.45, 7) is 0. The number of carboxylic acid groups (broad SMARTS) is 1. The molecule has 2 N–H and O–H groups in total. The van der Waals surface area contributed by atoms with Gasteiger partial charge in [0.1, 0.15) is 11.8 Å². The molecule has 0 saturated heterocycles. The molecule has 160 valence electrons. The van der Waals surface area contributed by atoms with Crippen molar-refractivity contribution in [1.29, 1.82) is 0 Å². The summed E-state index contributed by atoms with van der Waals surface area (Å²) in [5.74, 6) is 5.01. The van der Waals surface area contributed by atoms with E-state index in [2.05, 4.69) is 16.6 Å². The number of carboxylic acids is 1. The van der Waals surface area contributed by atoms with Crippen LogP contribution in [0.3, 0.4) is 0 Å². The van der Waals surface area contributed by atoms with Crippen LogP contribution < -0.4 is 9.46 Å². The van der Waals surface area contributed by atoms with Crippen molar-refractivity contribution in [2.45, 2.75) is 17.4 Å². The molecule has 1 atom stereocenters. The summed E-state index contributed by atoms with van der Waals surface area (Å²) in [5, 5.41) is 9.42. The molecule has 0 aliphatic rings. The quantitative estimate of drug-likeness (QED) is 0.553. The number of methoxy groups -OCH3 is 1. The van der Waals surface area contributed by atoms with Crippen LogP contribution >= 0.6 is 0 Å². The van der Waals surface area contributed by atoms with E-state index in [1.54, 1.807) is 29.9 Å². The molecule has 8 heteroatoms. The molecule has 0 aliphatic carbocycles. The molecule has 0 fully saturated rings. The summed E-state index contributed by atoms with van der Waals surface area (Å²) in [7, 11) is -0.631. The summed E-state index contributed by atoms with van der Waals surface area (Å²) in [6, 6.07) is 15.8. The van der Waals surface area contributed by atoms with Crippen molar-refractivity contribution in [3.63, 3.8) is 0 Å². The molecule has 1 heterocycles. The van der Waals surface area contributed by atoms with E-state index in [1.807, 2.05) is 43.6 Å². The van der Waals surface area contributed by atoms with Crippen LogP contribution in [-0.4, -0.2) is 37.2 Å². The third kappa shape index (κ3) is 5.54. The van der Waals surface area contributed by atoms with E-state index in [0.29, 0.717) is 5.69 Å². The number of carbonyl (C=O) groups is 1. The minimum atomic E-state index is -4.03. The molecule has 31 heavy (non-hydrogen) atoms. The Morgan fingerprint density at radius 2 is 1.71 bits per heavy atom. The number of sulfonamides is 1. The second-order valence-electron chi connectivity index (χ2n) is 6.78. The zero-order chi connectivity index (χ0) is 22.4. The van der Waals surface area contributed by atoms with Gasteiger partial charge in [-0.2, -0.15) is 4.72 Å². The highest BCUT2D eigenvalue weighted by Gasteiger charge is 2.24. The average Bonchev–Trinajstić information content (AvgIpc) is 3.17. The Kier molecular flexibility index (Phi) is 6.80. The van der Waals surface area contributed by atoms with Gasteiger partial charge in [-0.3, -0.25) is 4.79 Å².